The number of rotatable bonds is 9. The summed E-state index contributed by atoms with van der Waals surface area (Å²) in [6, 6.07) is 23.6. The van der Waals surface area contributed by atoms with Crippen molar-refractivity contribution in [2.45, 2.75) is 52.4 Å². The lowest BCUT2D eigenvalue weighted by atomic mass is 10.0. The number of hydrogen-bond acceptors (Lipinski definition) is 3. The lowest BCUT2D eigenvalue weighted by molar-refractivity contribution is 0.0734. The highest BCUT2D eigenvalue weighted by Gasteiger charge is 2.13. The number of hydrogen-bond donors (Lipinski definition) is 0. The SMILES string of the molecule is CCCCc1ccc(-c2ccc(C(=O)Oc3ccc(CCCC)cc3C#N)cc2)cc1. The second kappa shape index (κ2) is 11.1. The molecule has 0 saturated heterocycles. The van der Waals surface area contributed by atoms with E-state index < -0.39 is 5.97 Å². The standard InChI is InChI=1S/C28H29NO2/c1-3-5-7-21-9-12-23(13-10-21)24-14-16-25(17-15-24)28(30)31-27-18-11-22(8-6-4-2)19-26(27)20-29/h9-19H,3-8H2,1-2H3. The molecule has 0 saturated carbocycles. The van der Waals surface area contributed by atoms with Crippen LogP contribution in [0.4, 0.5) is 0 Å². The number of unbranched alkanes of at least 4 members (excludes halogenated alkanes) is 2. The van der Waals surface area contributed by atoms with Gasteiger partial charge in [0.05, 0.1) is 11.1 Å². The summed E-state index contributed by atoms with van der Waals surface area (Å²) in [5.74, 6) is -0.154. The van der Waals surface area contributed by atoms with Gasteiger partial charge < -0.3 is 4.74 Å². The van der Waals surface area contributed by atoms with Crippen molar-refractivity contribution in [1.82, 2.24) is 0 Å². The van der Waals surface area contributed by atoms with Crippen molar-refractivity contribution in [3.05, 3.63) is 89.0 Å². The smallest absolute Gasteiger partial charge is 0.343 e. The zero-order valence-corrected chi connectivity index (χ0v) is 18.4. The first-order valence-electron chi connectivity index (χ1n) is 11.1. The third kappa shape index (κ3) is 6.06. The van der Waals surface area contributed by atoms with Gasteiger partial charge in [0.25, 0.3) is 0 Å². The van der Waals surface area contributed by atoms with Crippen molar-refractivity contribution < 1.29 is 9.53 Å². The molecule has 0 aliphatic heterocycles. The van der Waals surface area contributed by atoms with E-state index in [2.05, 4.69) is 44.2 Å². The minimum Gasteiger partial charge on any atom is -0.422 e. The quantitative estimate of drug-likeness (QED) is 0.278. The summed E-state index contributed by atoms with van der Waals surface area (Å²) in [5.41, 5.74) is 5.46. The van der Waals surface area contributed by atoms with Gasteiger partial charge in [0.1, 0.15) is 11.8 Å². The van der Waals surface area contributed by atoms with E-state index in [1.165, 1.54) is 18.4 Å². The van der Waals surface area contributed by atoms with Crippen molar-refractivity contribution in [3.8, 4) is 22.9 Å². The molecule has 0 bridgehead atoms. The first-order valence-corrected chi connectivity index (χ1v) is 11.1. The first kappa shape index (κ1) is 22.3. The molecule has 0 amide bonds. The van der Waals surface area contributed by atoms with Crippen molar-refractivity contribution in [2.75, 3.05) is 0 Å². The van der Waals surface area contributed by atoms with E-state index in [1.807, 2.05) is 24.3 Å². The molecular weight excluding hydrogens is 382 g/mol. The van der Waals surface area contributed by atoms with E-state index >= 15 is 0 Å². The average molecular weight is 412 g/mol. The van der Waals surface area contributed by atoms with Crippen LogP contribution in [0.25, 0.3) is 11.1 Å². The Bertz CT molecular complexity index is 1040. The van der Waals surface area contributed by atoms with Crippen LogP contribution in [-0.2, 0) is 12.8 Å². The van der Waals surface area contributed by atoms with E-state index in [9.17, 15) is 10.1 Å². The van der Waals surface area contributed by atoms with Gasteiger partial charge in [-0.1, -0.05) is 69.2 Å². The summed E-state index contributed by atoms with van der Waals surface area (Å²) >= 11 is 0. The fourth-order valence-corrected chi connectivity index (χ4v) is 3.49. The fraction of sp³-hybridized carbons (Fsp3) is 0.286. The third-order valence-electron chi connectivity index (χ3n) is 5.41. The van der Waals surface area contributed by atoms with Crippen molar-refractivity contribution in [2.24, 2.45) is 0 Å². The average Bonchev–Trinajstić information content (AvgIpc) is 2.82. The molecule has 3 heteroatoms. The Labute approximate surface area is 185 Å². The van der Waals surface area contributed by atoms with E-state index in [0.717, 1.165) is 42.4 Å². The number of carbonyl (C=O) groups excluding carboxylic acids is 1. The molecule has 0 N–H and O–H groups in total. The highest BCUT2D eigenvalue weighted by molar-refractivity contribution is 5.92. The fourth-order valence-electron chi connectivity index (χ4n) is 3.49. The number of aryl methyl sites for hydroxylation is 2. The summed E-state index contributed by atoms with van der Waals surface area (Å²) in [7, 11) is 0. The molecule has 0 atom stereocenters. The lowest BCUT2D eigenvalue weighted by Crippen LogP contribution is -2.09. The van der Waals surface area contributed by atoms with Crippen LogP contribution in [0.3, 0.4) is 0 Å². The molecule has 158 valence electrons. The molecule has 0 aromatic heterocycles. The molecule has 3 nitrogen and oxygen atoms in total. The zero-order valence-electron chi connectivity index (χ0n) is 18.4. The minimum absolute atomic E-state index is 0.305. The maximum Gasteiger partial charge on any atom is 0.343 e. The van der Waals surface area contributed by atoms with E-state index in [-0.39, 0.29) is 0 Å². The maximum atomic E-state index is 12.6. The normalized spacial score (nSPS) is 10.5. The molecule has 3 aromatic carbocycles. The van der Waals surface area contributed by atoms with Gasteiger partial charge in [-0.3, -0.25) is 0 Å². The number of benzene rings is 3. The van der Waals surface area contributed by atoms with Crippen LogP contribution >= 0.6 is 0 Å². The molecular formula is C28H29NO2. The second-order valence-electron chi connectivity index (χ2n) is 7.81. The maximum absolute atomic E-state index is 12.6. The first-order chi connectivity index (χ1) is 15.1. The molecule has 0 spiro atoms. The molecule has 3 rings (SSSR count). The third-order valence-corrected chi connectivity index (χ3v) is 5.41. The monoisotopic (exact) mass is 411 g/mol. The van der Waals surface area contributed by atoms with Crippen molar-refractivity contribution in [3.63, 3.8) is 0 Å². The Morgan fingerprint density at radius 2 is 1.35 bits per heavy atom. The van der Waals surface area contributed by atoms with Gasteiger partial charge in [-0.05, 0) is 72.2 Å². The molecule has 31 heavy (non-hydrogen) atoms. The molecule has 0 aliphatic rings. The summed E-state index contributed by atoms with van der Waals surface area (Å²) in [4.78, 5) is 12.6. The van der Waals surface area contributed by atoms with Crippen LogP contribution in [-0.4, -0.2) is 5.97 Å². The van der Waals surface area contributed by atoms with Crippen LogP contribution in [0.2, 0.25) is 0 Å². The molecule has 0 aliphatic carbocycles. The predicted octanol–water partition coefficient (Wildman–Crippen LogP) is 7.13. The number of ether oxygens (including phenoxy) is 1. The van der Waals surface area contributed by atoms with Crippen molar-refractivity contribution >= 4 is 5.97 Å². The number of nitriles is 1. The van der Waals surface area contributed by atoms with E-state index in [4.69, 9.17) is 4.74 Å². The zero-order chi connectivity index (χ0) is 22.1. The van der Waals surface area contributed by atoms with Gasteiger partial charge in [-0.15, -0.1) is 0 Å². The van der Waals surface area contributed by atoms with E-state index in [1.54, 1.807) is 18.2 Å². The molecule has 0 heterocycles. The van der Waals surface area contributed by atoms with Crippen LogP contribution < -0.4 is 4.74 Å². The molecule has 0 radical (unpaired) electrons. The van der Waals surface area contributed by atoms with Gasteiger partial charge in [0.2, 0.25) is 0 Å². The number of nitrogens with zero attached hydrogens (tertiary/aromatic N) is 1. The Kier molecular flexibility index (Phi) is 8.01. The van der Waals surface area contributed by atoms with Crippen LogP contribution in [0, 0.1) is 11.3 Å². The van der Waals surface area contributed by atoms with E-state index in [0.29, 0.717) is 16.9 Å². The molecule has 0 fully saturated rings. The van der Waals surface area contributed by atoms with Gasteiger partial charge in [0, 0.05) is 0 Å². The van der Waals surface area contributed by atoms with Gasteiger partial charge in [-0.25, -0.2) is 4.79 Å². The Balaban J connectivity index is 1.68. The van der Waals surface area contributed by atoms with Crippen LogP contribution in [0.5, 0.6) is 5.75 Å². The molecule has 3 aromatic rings. The topological polar surface area (TPSA) is 50.1 Å². The van der Waals surface area contributed by atoms with Gasteiger partial charge in [0.15, 0.2) is 0 Å². The largest absolute Gasteiger partial charge is 0.422 e. The van der Waals surface area contributed by atoms with Crippen LogP contribution in [0.15, 0.2) is 66.7 Å². The van der Waals surface area contributed by atoms with Crippen LogP contribution in [0.1, 0.15) is 66.6 Å². The summed E-state index contributed by atoms with van der Waals surface area (Å²) < 4.78 is 5.52. The highest BCUT2D eigenvalue weighted by atomic mass is 16.5. The Morgan fingerprint density at radius 1 is 0.806 bits per heavy atom. The minimum atomic E-state index is -0.459. The summed E-state index contributed by atoms with van der Waals surface area (Å²) in [6.07, 6.45) is 6.57. The number of carbonyl (C=O) groups is 1. The van der Waals surface area contributed by atoms with Crippen molar-refractivity contribution in [1.29, 1.82) is 5.26 Å². The summed E-state index contributed by atoms with van der Waals surface area (Å²) in [5, 5.41) is 9.44. The number of esters is 1. The van der Waals surface area contributed by atoms with Gasteiger partial charge >= 0.3 is 5.97 Å². The Hall–Kier alpha value is -3.38. The lowest BCUT2D eigenvalue weighted by Gasteiger charge is -2.09. The highest BCUT2D eigenvalue weighted by Crippen LogP contribution is 2.24. The summed E-state index contributed by atoms with van der Waals surface area (Å²) in [6.45, 7) is 4.33. The predicted molar refractivity (Wildman–Crippen MR) is 125 cm³/mol. The second-order valence-corrected chi connectivity index (χ2v) is 7.81. The molecule has 0 unspecified atom stereocenters. The Morgan fingerprint density at radius 3 is 1.94 bits per heavy atom. The van der Waals surface area contributed by atoms with Gasteiger partial charge in [-0.2, -0.15) is 5.26 Å².